The lowest BCUT2D eigenvalue weighted by atomic mass is 10.2. The van der Waals surface area contributed by atoms with Crippen LogP contribution in [0.1, 0.15) is 25.3 Å². The second-order valence-corrected chi connectivity index (χ2v) is 4.97. The molecule has 104 valence electrons. The highest BCUT2D eigenvalue weighted by Gasteiger charge is 2.19. The summed E-state index contributed by atoms with van der Waals surface area (Å²) in [6.45, 7) is 5.78. The maximum absolute atomic E-state index is 12.2. The zero-order valence-corrected chi connectivity index (χ0v) is 11.6. The van der Waals surface area contributed by atoms with E-state index in [2.05, 4.69) is 11.8 Å². The fourth-order valence-electron chi connectivity index (χ4n) is 2.46. The Morgan fingerprint density at radius 1 is 1.26 bits per heavy atom. The molecule has 0 aliphatic carbocycles. The lowest BCUT2D eigenvalue weighted by molar-refractivity contribution is -0.128. The Bertz CT molecular complexity index is 410. The van der Waals surface area contributed by atoms with Gasteiger partial charge in [-0.2, -0.15) is 0 Å². The molecule has 1 aromatic rings. The smallest absolute Gasteiger partial charge is 0.242 e. The van der Waals surface area contributed by atoms with E-state index >= 15 is 0 Å². The number of benzene rings is 1. The van der Waals surface area contributed by atoms with E-state index in [-0.39, 0.29) is 5.91 Å². The first-order valence-electron chi connectivity index (χ1n) is 7.06. The zero-order valence-electron chi connectivity index (χ0n) is 11.6. The number of anilines is 1. The van der Waals surface area contributed by atoms with Gasteiger partial charge in [0.2, 0.25) is 5.91 Å². The number of nitrogens with two attached hydrogens (primary N) is 1. The molecule has 4 nitrogen and oxygen atoms in total. The van der Waals surface area contributed by atoms with Crippen LogP contribution in [0.2, 0.25) is 0 Å². The van der Waals surface area contributed by atoms with Crippen LogP contribution in [0.4, 0.5) is 5.69 Å². The minimum absolute atomic E-state index is 0.238. The Labute approximate surface area is 115 Å². The lowest BCUT2D eigenvalue weighted by Gasteiger charge is -2.25. The highest BCUT2D eigenvalue weighted by atomic mass is 16.2. The number of hydrogen-bond acceptors (Lipinski definition) is 3. The molecule has 2 N–H and O–H groups in total. The number of amides is 1. The normalized spacial score (nSPS) is 14.7. The first-order chi connectivity index (χ1) is 9.24. The molecule has 0 unspecified atom stereocenters. The van der Waals surface area contributed by atoms with Gasteiger partial charge in [-0.3, -0.25) is 4.79 Å². The average Bonchev–Trinajstić information content (AvgIpc) is 2.99. The van der Waals surface area contributed by atoms with Gasteiger partial charge in [-0.15, -0.1) is 0 Å². The molecule has 19 heavy (non-hydrogen) atoms. The van der Waals surface area contributed by atoms with E-state index in [9.17, 15) is 4.79 Å². The van der Waals surface area contributed by atoms with Gasteiger partial charge in [-0.05, 0) is 37.5 Å². The van der Waals surface area contributed by atoms with Crippen molar-refractivity contribution < 1.29 is 4.79 Å². The van der Waals surface area contributed by atoms with Crippen molar-refractivity contribution in [2.24, 2.45) is 5.73 Å². The van der Waals surface area contributed by atoms with Crippen LogP contribution in [0.25, 0.3) is 0 Å². The van der Waals surface area contributed by atoms with E-state index in [1.54, 1.807) is 0 Å². The summed E-state index contributed by atoms with van der Waals surface area (Å²) in [4.78, 5) is 16.3. The second kappa shape index (κ2) is 6.57. The summed E-state index contributed by atoms with van der Waals surface area (Å²) < 4.78 is 0. The van der Waals surface area contributed by atoms with Crippen LogP contribution in [0.5, 0.6) is 0 Å². The van der Waals surface area contributed by atoms with Crippen LogP contribution in [0.3, 0.4) is 0 Å². The Morgan fingerprint density at radius 2 is 1.89 bits per heavy atom. The number of carbonyl (C=O) groups is 1. The molecule has 1 saturated heterocycles. The molecule has 0 atom stereocenters. The summed E-state index contributed by atoms with van der Waals surface area (Å²) in [6.07, 6.45) is 2.28. The van der Waals surface area contributed by atoms with E-state index in [1.807, 2.05) is 29.2 Å². The molecule has 0 spiro atoms. The van der Waals surface area contributed by atoms with Crippen LogP contribution >= 0.6 is 0 Å². The summed E-state index contributed by atoms with van der Waals surface area (Å²) >= 11 is 0. The number of likely N-dealkylation sites (N-methyl/N-ethyl adjacent to an activating group) is 1. The Kier molecular flexibility index (Phi) is 4.80. The van der Waals surface area contributed by atoms with Gasteiger partial charge in [0.15, 0.2) is 0 Å². The van der Waals surface area contributed by atoms with Crippen molar-refractivity contribution in [3.05, 3.63) is 29.8 Å². The van der Waals surface area contributed by atoms with Crippen LogP contribution in [0.15, 0.2) is 24.3 Å². The van der Waals surface area contributed by atoms with Gasteiger partial charge < -0.3 is 15.5 Å². The number of hydrogen-bond donors (Lipinski definition) is 1. The fraction of sp³-hybridized carbons (Fsp3) is 0.533. The molecule has 1 amide bonds. The quantitative estimate of drug-likeness (QED) is 0.875. The second-order valence-electron chi connectivity index (χ2n) is 4.97. The number of rotatable bonds is 5. The summed E-state index contributed by atoms with van der Waals surface area (Å²) in [5, 5.41) is 0. The standard InChI is InChI=1S/C15H23N3O/c1-2-17(12-15(19)18-9-3-4-10-18)14-7-5-13(11-16)6-8-14/h5-8H,2-4,9-12,16H2,1H3. The molecule has 0 saturated carbocycles. The van der Waals surface area contributed by atoms with E-state index < -0.39 is 0 Å². The van der Waals surface area contributed by atoms with Gasteiger partial charge in [-0.1, -0.05) is 12.1 Å². The molecule has 1 aliphatic rings. The predicted molar refractivity (Wildman–Crippen MR) is 78.0 cm³/mol. The molecule has 1 heterocycles. The highest BCUT2D eigenvalue weighted by molar-refractivity contribution is 5.81. The topological polar surface area (TPSA) is 49.6 Å². The van der Waals surface area contributed by atoms with Crippen molar-refractivity contribution in [3.8, 4) is 0 Å². The Hall–Kier alpha value is -1.55. The third-order valence-corrected chi connectivity index (χ3v) is 3.70. The molecule has 1 fully saturated rings. The molecule has 0 radical (unpaired) electrons. The molecular formula is C15H23N3O. The zero-order chi connectivity index (χ0) is 13.7. The summed E-state index contributed by atoms with van der Waals surface area (Å²) in [6, 6.07) is 8.14. The molecule has 1 aromatic carbocycles. The van der Waals surface area contributed by atoms with Crippen molar-refractivity contribution in [2.45, 2.75) is 26.3 Å². The third-order valence-electron chi connectivity index (χ3n) is 3.70. The third kappa shape index (κ3) is 3.47. The van der Waals surface area contributed by atoms with Crippen LogP contribution < -0.4 is 10.6 Å². The van der Waals surface area contributed by atoms with Gasteiger partial charge in [0.1, 0.15) is 0 Å². The van der Waals surface area contributed by atoms with E-state index in [0.717, 1.165) is 43.7 Å². The maximum atomic E-state index is 12.2. The molecule has 2 rings (SSSR count). The van der Waals surface area contributed by atoms with E-state index in [1.165, 1.54) is 0 Å². The summed E-state index contributed by atoms with van der Waals surface area (Å²) in [5.74, 6) is 0.238. The highest BCUT2D eigenvalue weighted by Crippen LogP contribution is 2.16. The van der Waals surface area contributed by atoms with Crippen LogP contribution in [-0.4, -0.2) is 37.0 Å². The maximum Gasteiger partial charge on any atom is 0.242 e. The monoisotopic (exact) mass is 261 g/mol. The Balaban J connectivity index is 2.00. The van der Waals surface area contributed by atoms with Gasteiger partial charge in [0.25, 0.3) is 0 Å². The molecule has 0 bridgehead atoms. The summed E-state index contributed by atoms with van der Waals surface area (Å²) in [7, 11) is 0. The predicted octanol–water partition coefficient (Wildman–Crippen LogP) is 1.59. The van der Waals surface area contributed by atoms with Crippen LogP contribution in [-0.2, 0) is 11.3 Å². The van der Waals surface area contributed by atoms with Crippen molar-refractivity contribution in [3.63, 3.8) is 0 Å². The van der Waals surface area contributed by atoms with E-state index in [4.69, 9.17) is 5.73 Å². The first-order valence-corrected chi connectivity index (χ1v) is 7.06. The minimum atomic E-state index is 0.238. The largest absolute Gasteiger partial charge is 0.362 e. The van der Waals surface area contributed by atoms with Gasteiger partial charge in [0, 0.05) is 31.9 Å². The average molecular weight is 261 g/mol. The van der Waals surface area contributed by atoms with E-state index in [0.29, 0.717) is 13.1 Å². The SMILES string of the molecule is CCN(CC(=O)N1CCCC1)c1ccc(CN)cc1. The number of carbonyl (C=O) groups excluding carboxylic acids is 1. The molecule has 4 heteroatoms. The summed E-state index contributed by atoms with van der Waals surface area (Å²) in [5.41, 5.74) is 7.80. The van der Waals surface area contributed by atoms with Crippen molar-refractivity contribution in [1.29, 1.82) is 0 Å². The van der Waals surface area contributed by atoms with Crippen LogP contribution in [0, 0.1) is 0 Å². The number of likely N-dealkylation sites (tertiary alicyclic amines) is 1. The molecule has 0 aromatic heterocycles. The van der Waals surface area contributed by atoms with Gasteiger partial charge in [0.05, 0.1) is 6.54 Å². The first kappa shape index (κ1) is 13.9. The fourth-order valence-corrected chi connectivity index (χ4v) is 2.46. The van der Waals surface area contributed by atoms with Crippen molar-refractivity contribution >= 4 is 11.6 Å². The molecule has 1 aliphatic heterocycles. The van der Waals surface area contributed by atoms with Gasteiger partial charge >= 0.3 is 0 Å². The Morgan fingerprint density at radius 3 is 2.42 bits per heavy atom. The van der Waals surface area contributed by atoms with Crippen molar-refractivity contribution in [1.82, 2.24) is 4.90 Å². The lowest BCUT2D eigenvalue weighted by Crippen LogP contribution is -2.39. The molecular weight excluding hydrogens is 238 g/mol. The minimum Gasteiger partial charge on any atom is -0.362 e. The number of nitrogens with zero attached hydrogens (tertiary/aromatic N) is 2. The van der Waals surface area contributed by atoms with Crippen molar-refractivity contribution in [2.75, 3.05) is 31.1 Å². The van der Waals surface area contributed by atoms with Gasteiger partial charge in [-0.25, -0.2) is 0 Å².